The second-order valence-electron chi connectivity index (χ2n) is 6.99. The first-order valence-electron chi connectivity index (χ1n) is 6.84. The number of nitrogens with zero attached hydrogens (tertiary/aromatic N) is 2. The Morgan fingerprint density at radius 2 is 1.65 bits per heavy atom. The van der Waals surface area contributed by atoms with Crippen molar-refractivity contribution < 1.29 is 23.9 Å². The SMILES string of the molecule is CC(C)(C)OC(=O)N1C(=O)C(I)=C[C@]1(C#N)C(=O)OC(C)(C)C. The van der Waals surface area contributed by atoms with Crippen LogP contribution in [0.25, 0.3) is 0 Å². The molecular formula is C15H19IN2O5. The Kier molecular flexibility index (Phi) is 5.16. The second kappa shape index (κ2) is 6.11. The zero-order valence-corrected chi connectivity index (χ0v) is 16.0. The monoisotopic (exact) mass is 434 g/mol. The molecule has 23 heavy (non-hydrogen) atoms. The molecule has 0 spiro atoms. The maximum atomic E-state index is 12.5. The average Bonchev–Trinajstić information content (AvgIpc) is 2.58. The van der Waals surface area contributed by atoms with E-state index in [9.17, 15) is 19.6 Å². The number of rotatable bonds is 1. The molecule has 0 saturated heterocycles. The van der Waals surface area contributed by atoms with Crippen molar-refractivity contribution in [3.8, 4) is 6.07 Å². The average molecular weight is 434 g/mol. The van der Waals surface area contributed by atoms with Gasteiger partial charge in [0.1, 0.15) is 17.3 Å². The minimum absolute atomic E-state index is 0.0702. The number of amides is 2. The number of esters is 1. The maximum absolute atomic E-state index is 12.5. The molecule has 0 fully saturated rings. The summed E-state index contributed by atoms with van der Waals surface area (Å²) in [6, 6.07) is 1.73. The first-order chi connectivity index (χ1) is 10.2. The molecule has 0 bridgehead atoms. The van der Waals surface area contributed by atoms with E-state index >= 15 is 0 Å². The zero-order chi connectivity index (χ0) is 18.2. The van der Waals surface area contributed by atoms with Gasteiger partial charge in [0, 0.05) is 0 Å². The summed E-state index contributed by atoms with van der Waals surface area (Å²) in [5, 5.41) is 9.54. The number of hydrogen-bond acceptors (Lipinski definition) is 6. The van der Waals surface area contributed by atoms with Gasteiger partial charge in [-0.25, -0.2) is 14.5 Å². The van der Waals surface area contributed by atoms with Crippen molar-refractivity contribution in [2.45, 2.75) is 58.3 Å². The lowest BCUT2D eigenvalue weighted by atomic mass is 10.0. The maximum Gasteiger partial charge on any atom is 0.419 e. The highest BCUT2D eigenvalue weighted by Crippen LogP contribution is 2.35. The number of imide groups is 1. The molecule has 2 amide bonds. The summed E-state index contributed by atoms with van der Waals surface area (Å²) in [5.41, 5.74) is -3.94. The van der Waals surface area contributed by atoms with Crippen LogP contribution in [0.5, 0.6) is 0 Å². The van der Waals surface area contributed by atoms with Gasteiger partial charge < -0.3 is 9.47 Å². The van der Waals surface area contributed by atoms with E-state index in [1.54, 1.807) is 70.2 Å². The van der Waals surface area contributed by atoms with Crippen LogP contribution in [0.2, 0.25) is 0 Å². The fourth-order valence-electron chi connectivity index (χ4n) is 1.75. The molecule has 0 aromatic heterocycles. The molecule has 1 aliphatic rings. The van der Waals surface area contributed by atoms with Crippen LogP contribution < -0.4 is 0 Å². The van der Waals surface area contributed by atoms with Gasteiger partial charge in [0.05, 0.1) is 3.58 Å². The van der Waals surface area contributed by atoms with E-state index in [1.165, 1.54) is 0 Å². The Bertz CT molecular complexity index is 621. The van der Waals surface area contributed by atoms with Gasteiger partial charge in [-0.1, -0.05) is 0 Å². The van der Waals surface area contributed by atoms with E-state index in [2.05, 4.69) is 0 Å². The molecule has 0 aromatic carbocycles. The highest BCUT2D eigenvalue weighted by atomic mass is 127. The molecule has 126 valence electrons. The molecule has 0 aromatic rings. The van der Waals surface area contributed by atoms with Crippen LogP contribution in [-0.2, 0) is 19.1 Å². The van der Waals surface area contributed by atoms with Gasteiger partial charge in [-0.05, 0) is 70.2 Å². The standard InChI is InChI=1S/C15H19IN2O5/c1-13(2,3)22-11(20)15(8-17)7-9(16)10(19)18(15)12(21)23-14(4,5)6/h7H,1-6H3/t15-/m0/s1. The summed E-state index contributed by atoms with van der Waals surface area (Å²) in [6.07, 6.45) is 0.0475. The first-order valence-corrected chi connectivity index (χ1v) is 7.92. The molecule has 1 atom stereocenters. The van der Waals surface area contributed by atoms with Gasteiger partial charge >= 0.3 is 12.1 Å². The minimum atomic E-state index is -2.16. The summed E-state index contributed by atoms with van der Waals surface area (Å²) >= 11 is 1.67. The molecule has 7 nitrogen and oxygen atoms in total. The Hall–Kier alpha value is -1.63. The predicted molar refractivity (Wildman–Crippen MR) is 89.4 cm³/mol. The lowest BCUT2D eigenvalue weighted by Gasteiger charge is -2.32. The van der Waals surface area contributed by atoms with Gasteiger partial charge in [0.15, 0.2) is 0 Å². The molecule has 0 radical (unpaired) electrons. The van der Waals surface area contributed by atoms with Gasteiger partial charge in [-0.2, -0.15) is 5.26 Å². The highest BCUT2D eigenvalue weighted by Gasteiger charge is 2.57. The fraction of sp³-hybridized carbons (Fsp3) is 0.600. The lowest BCUT2D eigenvalue weighted by molar-refractivity contribution is -0.164. The third kappa shape index (κ3) is 4.22. The van der Waals surface area contributed by atoms with Gasteiger partial charge in [-0.15, -0.1) is 0 Å². The van der Waals surface area contributed by atoms with E-state index < -0.39 is 34.7 Å². The summed E-state index contributed by atoms with van der Waals surface area (Å²) in [5.74, 6) is -1.77. The number of nitriles is 1. The van der Waals surface area contributed by atoms with Crippen LogP contribution >= 0.6 is 22.6 Å². The lowest BCUT2D eigenvalue weighted by Crippen LogP contribution is -2.57. The summed E-state index contributed by atoms with van der Waals surface area (Å²) < 4.78 is 10.4. The predicted octanol–water partition coefficient (Wildman–Crippen LogP) is 2.69. The van der Waals surface area contributed by atoms with Crippen LogP contribution in [0.15, 0.2) is 9.66 Å². The molecule has 1 heterocycles. The van der Waals surface area contributed by atoms with Crippen LogP contribution in [-0.4, -0.2) is 39.6 Å². The number of hydrogen-bond donors (Lipinski definition) is 0. The smallest absolute Gasteiger partial charge is 0.419 e. The molecule has 1 rings (SSSR count). The van der Waals surface area contributed by atoms with Crippen molar-refractivity contribution in [1.29, 1.82) is 5.26 Å². The molecule has 0 unspecified atom stereocenters. The third-order valence-electron chi connectivity index (χ3n) is 2.55. The van der Waals surface area contributed by atoms with Crippen LogP contribution in [0.1, 0.15) is 41.5 Å². The third-order valence-corrected chi connectivity index (χ3v) is 3.33. The van der Waals surface area contributed by atoms with Gasteiger partial charge in [0.25, 0.3) is 11.4 Å². The van der Waals surface area contributed by atoms with Crippen molar-refractivity contribution in [2.75, 3.05) is 0 Å². The Balaban J connectivity index is 3.32. The summed E-state index contributed by atoms with van der Waals surface area (Å²) in [4.78, 5) is 37.6. The van der Waals surface area contributed by atoms with Crippen LogP contribution in [0, 0.1) is 11.3 Å². The molecule has 0 aliphatic carbocycles. The van der Waals surface area contributed by atoms with E-state index in [0.29, 0.717) is 4.90 Å². The van der Waals surface area contributed by atoms with Gasteiger partial charge in [0.2, 0.25) is 0 Å². The van der Waals surface area contributed by atoms with E-state index in [0.717, 1.165) is 6.08 Å². The summed E-state index contributed by atoms with van der Waals surface area (Å²) in [7, 11) is 0. The van der Waals surface area contributed by atoms with Gasteiger partial charge in [-0.3, -0.25) is 4.79 Å². The van der Waals surface area contributed by atoms with Crippen molar-refractivity contribution in [1.82, 2.24) is 4.90 Å². The molecular weight excluding hydrogens is 415 g/mol. The number of halogens is 1. The topological polar surface area (TPSA) is 96.7 Å². The number of carbonyl (C=O) groups excluding carboxylic acids is 3. The van der Waals surface area contributed by atoms with Crippen molar-refractivity contribution >= 4 is 40.6 Å². The summed E-state index contributed by atoms with van der Waals surface area (Å²) in [6.45, 7) is 9.72. The van der Waals surface area contributed by atoms with Crippen molar-refractivity contribution in [3.05, 3.63) is 9.66 Å². The van der Waals surface area contributed by atoms with Crippen LogP contribution in [0.3, 0.4) is 0 Å². The molecule has 0 saturated carbocycles. The van der Waals surface area contributed by atoms with E-state index in [4.69, 9.17) is 9.47 Å². The molecule has 0 N–H and O–H groups in total. The quantitative estimate of drug-likeness (QED) is 0.465. The van der Waals surface area contributed by atoms with Crippen LogP contribution in [0.4, 0.5) is 4.79 Å². The highest BCUT2D eigenvalue weighted by molar-refractivity contribution is 14.1. The number of carbonyl (C=O) groups is 3. The first kappa shape index (κ1) is 19.4. The Morgan fingerprint density at radius 3 is 2.04 bits per heavy atom. The Morgan fingerprint density at radius 1 is 1.17 bits per heavy atom. The van der Waals surface area contributed by atoms with Crippen molar-refractivity contribution in [3.63, 3.8) is 0 Å². The Labute approximate surface area is 148 Å². The second-order valence-corrected chi connectivity index (χ2v) is 8.16. The normalized spacial score (nSPS) is 21.6. The molecule has 8 heteroatoms. The minimum Gasteiger partial charge on any atom is -0.457 e. The van der Waals surface area contributed by atoms with Crippen molar-refractivity contribution in [2.24, 2.45) is 0 Å². The zero-order valence-electron chi connectivity index (χ0n) is 13.9. The molecule has 1 aliphatic heterocycles. The van der Waals surface area contributed by atoms with E-state index in [-0.39, 0.29) is 3.58 Å². The fourth-order valence-corrected chi connectivity index (χ4v) is 2.44. The number of ether oxygens (including phenoxy) is 2. The van der Waals surface area contributed by atoms with E-state index in [1.807, 2.05) is 0 Å². The largest absolute Gasteiger partial charge is 0.457 e.